The minimum Gasteiger partial charge on any atom is -0.462 e. The van der Waals surface area contributed by atoms with Crippen molar-refractivity contribution in [3.63, 3.8) is 0 Å². The highest BCUT2D eigenvalue weighted by Gasteiger charge is 2.12. The Morgan fingerprint density at radius 2 is 1.21 bits per heavy atom. The Morgan fingerprint density at radius 3 is 1.76 bits per heavy atom. The van der Waals surface area contributed by atoms with E-state index < -0.39 is 5.97 Å². The van der Waals surface area contributed by atoms with Crippen LogP contribution >= 0.6 is 0 Å². The molecule has 0 N–H and O–H groups in total. The first-order chi connectivity index (χ1) is 16.1. The number of esters is 1. The summed E-state index contributed by atoms with van der Waals surface area (Å²) in [4.78, 5) is 12.7. The number of nitriles is 2. The van der Waals surface area contributed by atoms with Crippen molar-refractivity contribution >= 4 is 5.97 Å². The lowest BCUT2D eigenvalue weighted by molar-refractivity contribution is 0.0499. The number of hydrogen-bond donors (Lipinski definition) is 0. The van der Waals surface area contributed by atoms with Gasteiger partial charge in [0, 0.05) is 22.3 Å². The smallest absolute Gasteiger partial charge is 0.339 e. The molecular formula is C29H20N2O2. The second-order valence-electron chi connectivity index (χ2n) is 7.13. The Labute approximate surface area is 194 Å². The third kappa shape index (κ3) is 6.60. The second kappa shape index (κ2) is 11.6. The third-order valence-electron chi connectivity index (χ3n) is 4.69. The van der Waals surface area contributed by atoms with E-state index in [9.17, 15) is 4.79 Å². The van der Waals surface area contributed by atoms with Gasteiger partial charge < -0.3 is 4.74 Å². The van der Waals surface area contributed by atoms with E-state index in [0.29, 0.717) is 34.4 Å². The third-order valence-corrected chi connectivity index (χ3v) is 4.69. The van der Waals surface area contributed by atoms with Crippen LogP contribution in [0, 0.1) is 46.3 Å². The molecule has 33 heavy (non-hydrogen) atoms. The number of ether oxygens (including phenoxy) is 1. The van der Waals surface area contributed by atoms with E-state index in [2.05, 4.69) is 35.8 Å². The number of hydrogen-bond acceptors (Lipinski definition) is 4. The van der Waals surface area contributed by atoms with Gasteiger partial charge in [-0.1, -0.05) is 37.0 Å². The molecule has 4 nitrogen and oxygen atoms in total. The minimum atomic E-state index is -0.436. The van der Waals surface area contributed by atoms with Crippen molar-refractivity contribution in [1.82, 2.24) is 0 Å². The number of carbonyl (C=O) groups is 1. The molecule has 3 rings (SSSR count). The summed E-state index contributed by atoms with van der Waals surface area (Å²) in [5.74, 6) is 11.7. The van der Waals surface area contributed by atoms with Crippen LogP contribution in [0.1, 0.15) is 63.5 Å². The Balaban J connectivity index is 1.91. The monoisotopic (exact) mass is 428 g/mol. The Bertz CT molecular complexity index is 1350. The van der Waals surface area contributed by atoms with Gasteiger partial charge in [0.2, 0.25) is 0 Å². The lowest BCUT2D eigenvalue weighted by Crippen LogP contribution is -2.09. The molecule has 0 saturated heterocycles. The molecule has 0 spiro atoms. The first-order valence-electron chi connectivity index (χ1n) is 10.5. The fourth-order valence-corrected chi connectivity index (χ4v) is 2.83. The molecule has 0 saturated carbocycles. The van der Waals surface area contributed by atoms with E-state index >= 15 is 0 Å². The van der Waals surface area contributed by atoms with Crippen molar-refractivity contribution in [1.29, 1.82) is 10.5 Å². The quantitative estimate of drug-likeness (QED) is 0.326. The van der Waals surface area contributed by atoms with Crippen LogP contribution in [0.2, 0.25) is 0 Å². The molecule has 0 heterocycles. The topological polar surface area (TPSA) is 73.9 Å². The van der Waals surface area contributed by atoms with Gasteiger partial charge in [-0.2, -0.15) is 10.5 Å². The highest BCUT2D eigenvalue weighted by Crippen LogP contribution is 2.14. The molecule has 0 fully saturated rings. The molecule has 0 aliphatic carbocycles. The molecule has 0 aliphatic heterocycles. The fourth-order valence-electron chi connectivity index (χ4n) is 2.83. The van der Waals surface area contributed by atoms with Crippen LogP contribution in [-0.2, 0) is 4.74 Å². The lowest BCUT2D eigenvalue weighted by atomic mass is 10.0. The van der Waals surface area contributed by atoms with E-state index in [-0.39, 0.29) is 0 Å². The predicted molar refractivity (Wildman–Crippen MR) is 126 cm³/mol. The number of carbonyl (C=O) groups excluding carboxylic acids is 1. The minimum absolute atomic E-state index is 0.346. The lowest BCUT2D eigenvalue weighted by Gasteiger charge is -2.07. The van der Waals surface area contributed by atoms with Gasteiger partial charge in [-0.15, -0.1) is 0 Å². The van der Waals surface area contributed by atoms with Crippen molar-refractivity contribution in [2.45, 2.75) is 19.8 Å². The zero-order chi connectivity index (χ0) is 23.5. The van der Waals surface area contributed by atoms with Gasteiger partial charge in [-0.25, -0.2) is 4.79 Å². The Morgan fingerprint density at radius 1 is 0.727 bits per heavy atom. The van der Waals surface area contributed by atoms with Crippen molar-refractivity contribution in [2.75, 3.05) is 6.61 Å². The molecule has 0 unspecified atom stereocenters. The first-order valence-corrected chi connectivity index (χ1v) is 10.5. The van der Waals surface area contributed by atoms with Gasteiger partial charge >= 0.3 is 5.97 Å². The average molecular weight is 428 g/mol. The van der Waals surface area contributed by atoms with Crippen molar-refractivity contribution in [3.8, 4) is 35.8 Å². The molecule has 0 aliphatic rings. The summed E-state index contributed by atoms with van der Waals surface area (Å²) < 4.78 is 5.41. The normalized spacial score (nSPS) is 9.30. The van der Waals surface area contributed by atoms with E-state index in [1.807, 2.05) is 13.0 Å². The van der Waals surface area contributed by atoms with Gasteiger partial charge in [-0.05, 0) is 73.2 Å². The SMILES string of the molecule is CCCCOC(=O)c1cc(C#Cc2ccc(C#N)cc2)ccc1C#Cc1ccc(C#N)cc1. The predicted octanol–water partition coefficient (Wildman–Crippen LogP) is 5.19. The largest absolute Gasteiger partial charge is 0.462 e. The maximum Gasteiger partial charge on any atom is 0.339 e. The van der Waals surface area contributed by atoms with Gasteiger partial charge in [-0.3, -0.25) is 0 Å². The molecule has 0 atom stereocenters. The van der Waals surface area contributed by atoms with E-state index in [1.54, 1.807) is 60.7 Å². The maximum absolute atomic E-state index is 12.7. The molecule has 4 heteroatoms. The molecule has 3 aromatic carbocycles. The molecular weight excluding hydrogens is 408 g/mol. The molecule has 0 bridgehead atoms. The summed E-state index contributed by atoms with van der Waals surface area (Å²) in [6, 6.07) is 23.3. The second-order valence-corrected chi connectivity index (χ2v) is 7.13. The van der Waals surface area contributed by atoms with Crippen LogP contribution in [0.4, 0.5) is 0 Å². The van der Waals surface area contributed by atoms with E-state index in [0.717, 1.165) is 24.0 Å². The molecule has 0 amide bonds. The van der Waals surface area contributed by atoms with Crippen LogP contribution in [0.3, 0.4) is 0 Å². The number of nitrogens with zero attached hydrogens (tertiary/aromatic N) is 2. The van der Waals surface area contributed by atoms with Crippen LogP contribution in [0.25, 0.3) is 0 Å². The van der Waals surface area contributed by atoms with Crippen molar-refractivity contribution in [2.24, 2.45) is 0 Å². The first kappa shape index (κ1) is 22.9. The number of rotatable bonds is 4. The summed E-state index contributed by atoms with van der Waals surface area (Å²) in [5.41, 5.74) is 4.21. The standard InChI is InChI=1S/C29H20N2O2/c1-2-3-18-33-29(32)28-19-24(9-4-22-5-10-25(20-30)11-6-22)15-17-27(28)16-14-23-7-12-26(21-31)13-8-23/h5-8,10-13,15,17,19H,2-3,18H2,1H3. The van der Waals surface area contributed by atoms with Gasteiger partial charge in [0.1, 0.15) is 0 Å². The summed E-state index contributed by atoms with van der Waals surface area (Å²) in [6.45, 7) is 2.38. The maximum atomic E-state index is 12.7. The Kier molecular flexibility index (Phi) is 8.03. The average Bonchev–Trinajstić information content (AvgIpc) is 2.87. The van der Waals surface area contributed by atoms with E-state index in [1.165, 1.54) is 0 Å². The summed E-state index contributed by atoms with van der Waals surface area (Å²) in [6.07, 6.45) is 1.71. The van der Waals surface area contributed by atoms with E-state index in [4.69, 9.17) is 15.3 Å². The molecule has 158 valence electrons. The Hall–Kier alpha value is -4.77. The zero-order valence-corrected chi connectivity index (χ0v) is 18.2. The van der Waals surface area contributed by atoms with Crippen LogP contribution in [0.15, 0.2) is 66.7 Å². The van der Waals surface area contributed by atoms with Crippen LogP contribution in [0.5, 0.6) is 0 Å². The highest BCUT2D eigenvalue weighted by atomic mass is 16.5. The van der Waals surface area contributed by atoms with Crippen molar-refractivity contribution < 1.29 is 9.53 Å². The van der Waals surface area contributed by atoms with Crippen LogP contribution < -0.4 is 0 Å². The van der Waals surface area contributed by atoms with Crippen LogP contribution in [-0.4, -0.2) is 12.6 Å². The summed E-state index contributed by atoms with van der Waals surface area (Å²) in [5, 5.41) is 17.8. The molecule has 3 aromatic rings. The number of benzene rings is 3. The van der Waals surface area contributed by atoms with Gasteiger partial charge in [0.15, 0.2) is 0 Å². The summed E-state index contributed by atoms with van der Waals surface area (Å²) in [7, 11) is 0. The number of unbranched alkanes of at least 4 members (excludes halogenated alkanes) is 1. The highest BCUT2D eigenvalue weighted by molar-refractivity contribution is 5.93. The van der Waals surface area contributed by atoms with Crippen molar-refractivity contribution in [3.05, 3.63) is 106 Å². The molecule has 0 radical (unpaired) electrons. The van der Waals surface area contributed by atoms with Gasteiger partial charge in [0.25, 0.3) is 0 Å². The molecule has 0 aromatic heterocycles. The fraction of sp³-hybridized carbons (Fsp3) is 0.138. The zero-order valence-electron chi connectivity index (χ0n) is 18.2. The summed E-state index contributed by atoms with van der Waals surface area (Å²) >= 11 is 0. The van der Waals surface area contributed by atoms with Gasteiger partial charge in [0.05, 0.1) is 35.4 Å².